The maximum atomic E-state index is 11.6. The zero-order valence-corrected chi connectivity index (χ0v) is 15.9. The van der Waals surface area contributed by atoms with Crippen LogP contribution in [0, 0.1) is 5.21 Å². The van der Waals surface area contributed by atoms with Crippen LogP contribution in [0.3, 0.4) is 0 Å². The van der Waals surface area contributed by atoms with Gasteiger partial charge in [-0.25, -0.2) is 9.71 Å². The van der Waals surface area contributed by atoms with Crippen LogP contribution in [0.2, 0.25) is 0 Å². The Kier molecular flexibility index (Phi) is 5.49. The number of aliphatic hydroxyl groups excluding tert-OH is 6. The molecule has 4 rings (SSSR count). The highest BCUT2D eigenvalue weighted by molar-refractivity contribution is 5.79. The van der Waals surface area contributed by atoms with Crippen molar-refractivity contribution < 1.29 is 49.9 Å². The van der Waals surface area contributed by atoms with Crippen LogP contribution in [0.5, 0.6) is 0 Å². The van der Waals surface area contributed by atoms with E-state index in [9.17, 15) is 41.0 Å². The molecule has 2 aliphatic heterocycles. The van der Waals surface area contributed by atoms with E-state index in [1.165, 1.54) is 4.57 Å². The Hall–Kier alpha value is -2.21. The quantitative estimate of drug-likeness (QED) is 0.162. The number of fused-ring (bicyclic) bond motifs is 1. The van der Waals surface area contributed by atoms with Gasteiger partial charge in [-0.05, 0) is 0 Å². The highest BCUT2D eigenvalue weighted by Crippen LogP contribution is 2.44. The van der Waals surface area contributed by atoms with Crippen molar-refractivity contribution in [2.45, 2.75) is 54.6 Å². The monoisotopic (exact) mass is 445 g/mol. The van der Waals surface area contributed by atoms with E-state index in [1.807, 2.05) is 0 Å². The Morgan fingerprint density at radius 1 is 1.10 bits per heavy atom. The van der Waals surface area contributed by atoms with Crippen LogP contribution in [0.4, 0.5) is 5.82 Å². The molecule has 15 heteroatoms. The topological polar surface area (TPSA) is 244 Å². The second kappa shape index (κ2) is 7.73. The normalized spacial score (nSPS) is 41.1. The summed E-state index contributed by atoms with van der Waals surface area (Å²) in [6.45, 7) is -1.59. The molecule has 4 heterocycles. The number of hydrogen-bond donors (Lipinski definition) is 8. The van der Waals surface area contributed by atoms with Gasteiger partial charge in [0.15, 0.2) is 17.3 Å². The molecule has 31 heavy (non-hydrogen) atoms. The lowest BCUT2D eigenvalue weighted by molar-refractivity contribution is -0.592. The summed E-state index contributed by atoms with van der Waals surface area (Å²) in [5.41, 5.74) is 3.21. The minimum Gasteiger partial charge on any atom is -0.740 e. The van der Waals surface area contributed by atoms with Gasteiger partial charge in [-0.3, -0.25) is 4.57 Å². The molecule has 0 radical (unpaired) electrons. The van der Waals surface area contributed by atoms with Crippen molar-refractivity contribution in [3.05, 3.63) is 17.9 Å². The maximum absolute atomic E-state index is 11.6. The molecule has 9 atom stereocenters. The van der Waals surface area contributed by atoms with Gasteiger partial charge in [0.05, 0.1) is 13.2 Å². The molecule has 0 saturated carbocycles. The Morgan fingerprint density at radius 3 is 2.45 bits per heavy atom. The highest BCUT2D eigenvalue weighted by atomic mass is 16.6. The summed E-state index contributed by atoms with van der Waals surface area (Å²) >= 11 is 0. The fourth-order valence-corrected chi connectivity index (χ4v) is 4.14. The standard InChI is InChI=1S/C16H23N5O10/c17-13-7-14(19-4-21(13)29)20(3-18-7)15-11(27)16(28,6(2-23)31-15)12-10(26)9(25)8(24)5(1-22)30-12/h3-6,8-12,15,22-28H,1-2,17H2/t5-,6-,8-,9+,10-,11+,12?,15-,16-/m1/s1. The molecule has 0 aromatic carbocycles. The van der Waals surface area contributed by atoms with Gasteiger partial charge >= 0.3 is 0 Å². The third-order valence-corrected chi connectivity index (χ3v) is 5.88. The third kappa shape index (κ3) is 3.05. The summed E-state index contributed by atoms with van der Waals surface area (Å²) in [6, 6.07) is 0. The molecule has 1 unspecified atom stereocenters. The number of aromatic nitrogens is 4. The lowest BCUT2D eigenvalue weighted by atomic mass is 9.79. The molecule has 2 fully saturated rings. The van der Waals surface area contributed by atoms with Gasteiger partial charge in [-0.2, -0.15) is 0 Å². The van der Waals surface area contributed by atoms with Gasteiger partial charge in [0.1, 0.15) is 49.1 Å². The van der Waals surface area contributed by atoms with E-state index in [-0.39, 0.29) is 21.7 Å². The minimum atomic E-state index is -2.50. The smallest absolute Gasteiger partial charge is 0.251 e. The minimum absolute atomic E-state index is 0.00266. The molecule has 0 spiro atoms. The molecule has 0 bridgehead atoms. The lowest BCUT2D eigenvalue weighted by Crippen LogP contribution is -2.70. The Balaban J connectivity index is 1.74. The predicted molar refractivity (Wildman–Crippen MR) is 96.6 cm³/mol. The fourth-order valence-electron chi connectivity index (χ4n) is 4.14. The zero-order chi connectivity index (χ0) is 22.7. The van der Waals surface area contributed by atoms with E-state index in [0.29, 0.717) is 0 Å². The van der Waals surface area contributed by atoms with Gasteiger partial charge < -0.3 is 56.2 Å². The van der Waals surface area contributed by atoms with Crippen LogP contribution < -0.4 is 10.5 Å². The molecular weight excluding hydrogens is 422 g/mol. The van der Waals surface area contributed by atoms with Crippen molar-refractivity contribution >= 4 is 17.0 Å². The van der Waals surface area contributed by atoms with E-state index < -0.39 is 67.8 Å². The molecule has 2 aromatic rings. The van der Waals surface area contributed by atoms with Crippen molar-refractivity contribution in [1.29, 1.82) is 0 Å². The number of rotatable bonds is 4. The fraction of sp³-hybridized carbons (Fsp3) is 0.688. The first kappa shape index (κ1) is 22.0. The first-order chi connectivity index (χ1) is 14.7. The Labute approximate surface area is 173 Å². The number of imidazole rings is 1. The van der Waals surface area contributed by atoms with E-state index >= 15 is 0 Å². The number of hydrogen-bond acceptors (Lipinski definition) is 13. The van der Waals surface area contributed by atoms with Gasteiger partial charge in [-0.15, -0.1) is 0 Å². The van der Waals surface area contributed by atoms with Crippen LogP contribution in [0.1, 0.15) is 6.23 Å². The average molecular weight is 445 g/mol. The molecule has 2 aromatic heterocycles. The molecule has 0 amide bonds. The van der Waals surface area contributed by atoms with Gasteiger partial charge in [0, 0.05) is 0 Å². The van der Waals surface area contributed by atoms with Crippen LogP contribution in [-0.4, -0.2) is 112 Å². The molecule has 9 N–H and O–H groups in total. The van der Waals surface area contributed by atoms with Crippen LogP contribution in [-0.2, 0) is 9.47 Å². The lowest BCUT2D eigenvalue weighted by Gasteiger charge is -2.47. The van der Waals surface area contributed by atoms with Gasteiger partial charge in [-0.1, -0.05) is 4.98 Å². The summed E-state index contributed by atoms with van der Waals surface area (Å²) < 4.78 is 12.4. The Bertz CT molecular complexity index is 958. The average Bonchev–Trinajstić information content (AvgIpc) is 3.29. The highest BCUT2D eigenvalue weighted by Gasteiger charge is 2.65. The van der Waals surface area contributed by atoms with Crippen molar-refractivity contribution in [3.8, 4) is 0 Å². The summed E-state index contributed by atoms with van der Waals surface area (Å²) in [5.74, 6) is -0.265. The van der Waals surface area contributed by atoms with E-state index in [0.717, 1.165) is 12.7 Å². The first-order valence-corrected chi connectivity index (χ1v) is 9.34. The zero-order valence-electron chi connectivity index (χ0n) is 15.9. The summed E-state index contributed by atoms with van der Waals surface area (Å²) in [5, 5.41) is 83.6. The number of nitrogen functional groups attached to an aromatic ring is 1. The van der Waals surface area contributed by atoms with E-state index in [2.05, 4.69) is 9.97 Å². The molecule has 15 nitrogen and oxygen atoms in total. The summed E-state index contributed by atoms with van der Waals surface area (Å²) in [4.78, 5) is 7.87. The van der Waals surface area contributed by atoms with E-state index in [4.69, 9.17) is 15.2 Å². The summed E-state index contributed by atoms with van der Waals surface area (Å²) in [6.07, 6.45) is -11.4. The van der Waals surface area contributed by atoms with Crippen molar-refractivity contribution in [1.82, 2.24) is 14.5 Å². The number of ether oxygens (including phenoxy) is 2. The van der Waals surface area contributed by atoms with Crippen LogP contribution >= 0.6 is 0 Å². The third-order valence-electron chi connectivity index (χ3n) is 5.88. The predicted octanol–water partition coefficient (Wildman–Crippen LogP) is -5.53. The molecule has 0 aliphatic carbocycles. The van der Waals surface area contributed by atoms with E-state index in [1.54, 1.807) is 0 Å². The number of anilines is 1. The molecule has 2 saturated heterocycles. The van der Waals surface area contributed by atoms with Crippen molar-refractivity contribution in [2.24, 2.45) is 0 Å². The summed E-state index contributed by atoms with van der Waals surface area (Å²) in [7, 11) is 0. The Morgan fingerprint density at radius 2 is 1.81 bits per heavy atom. The number of aliphatic hydroxyl groups is 7. The van der Waals surface area contributed by atoms with Crippen molar-refractivity contribution in [2.75, 3.05) is 18.9 Å². The first-order valence-electron chi connectivity index (χ1n) is 9.34. The van der Waals surface area contributed by atoms with Crippen LogP contribution in [0.15, 0.2) is 12.7 Å². The number of nitrogens with two attached hydrogens (primary N) is 1. The largest absolute Gasteiger partial charge is 0.740 e. The second-order valence-electron chi connectivity index (χ2n) is 7.56. The second-order valence-corrected chi connectivity index (χ2v) is 7.56. The SMILES string of the molecule is Nc1c2ncn([C@@H]3O[C@H](CO)[C@](O)(C4O[C@H](CO)[C@@H](O)[C@H](O)[C@H]4O)[C@H]3O)c2nc[n+]1[O-]. The van der Waals surface area contributed by atoms with Crippen molar-refractivity contribution in [3.63, 3.8) is 0 Å². The molecule has 2 aliphatic rings. The van der Waals surface area contributed by atoms with Gasteiger partial charge in [0.25, 0.3) is 5.82 Å². The maximum Gasteiger partial charge on any atom is 0.251 e. The molecule has 172 valence electrons. The number of nitrogens with zero attached hydrogens (tertiary/aromatic N) is 4. The van der Waals surface area contributed by atoms with Crippen LogP contribution in [0.25, 0.3) is 11.2 Å². The molecular formula is C16H23N5O10. The van der Waals surface area contributed by atoms with Gasteiger partial charge in [0.2, 0.25) is 12.0 Å².